The lowest BCUT2D eigenvalue weighted by molar-refractivity contribution is -0.118. The number of hydrogen-bond acceptors (Lipinski definition) is 4. The number of amides is 1. The highest BCUT2D eigenvalue weighted by molar-refractivity contribution is 5.84. The molecule has 1 rings (SSSR count). The molecule has 17 heavy (non-hydrogen) atoms. The van der Waals surface area contributed by atoms with Crippen molar-refractivity contribution in [2.24, 2.45) is 5.73 Å². The van der Waals surface area contributed by atoms with E-state index in [4.69, 9.17) is 16.2 Å². The van der Waals surface area contributed by atoms with Crippen LogP contribution in [-0.4, -0.2) is 18.6 Å². The van der Waals surface area contributed by atoms with Crippen LogP contribution in [0, 0.1) is 5.82 Å². The molecule has 0 spiro atoms. The number of nitrogens with two attached hydrogens (primary N) is 2. The van der Waals surface area contributed by atoms with Gasteiger partial charge in [-0.1, -0.05) is 0 Å². The lowest BCUT2D eigenvalue weighted by atomic mass is 10.2. The van der Waals surface area contributed by atoms with Crippen molar-refractivity contribution < 1.29 is 13.9 Å². The topological polar surface area (TPSA) is 90.4 Å². The first kappa shape index (κ1) is 13.1. The molecule has 94 valence electrons. The summed E-state index contributed by atoms with van der Waals surface area (Å²) < 4.78 is 18.5. The van der Waals surface area contributed by atoms with Crippen LogP contribution in [-0.2, 0) is 4.79 Å². The fraction of sp³-hybridized carbons (Fsp3) is 0.364. The Labute approximate surface area is 98.9 Å². The second-order valence-electron chi connectivity index (χ2n) is 3.57. The average Bonchev–Trinajstić information content (AvgIpc) is 2.24. The molecule has 0 fully saturated rings. The molecular weight excluding hydrogens is 225 g/mol. The van der Waals surface area contributed by atoms with Gasteiger partial charge in [0.05, 0.1) is 18.0 Å². The molecule has 5 nitrogen and oxygen atoms in total. The summed E-state index contributed by atoms with van der Waals surface area (Å²) in [5.74, 6) is -0.978. The Balaban J connectivity index is 2.98. The molecule has 1 aromatic carbocycles. The van der Waals surface area contributed by atoms with Crippen LogP contribution in [0.4, 0.5) is 15.8 Å². The standard InChI is InChI=1S/C11H16FN3O2/c1-3-17-10-5-9(8(13)4-7(10)12)15-6(2)11(14)16/h4-6,15H,3,13H2,1-2H3,(H2,14,16). The van der Waals surface area contributed by atoms with Gasteiger partial charge in [0.25, 0.3) is 0 Å². The van der Waals surface area contributed by atoms with Crippen LogP contribution in [0.1, 0.15) is 13.8 Å². The molecule has 1 amide bonds. The number of hydrogen-bond donors (Lipinski definition) is 3. The molecule has 6 heteroatoms. The molecular formula is C11H16FN3O2. The molecule has 0 heterocycles. The van der Waals surface area contributed by atoms with Gasteiger partial charge in [0.2, 0.25) is 5.91 Å². The molecule has 0 saturated heterocycles. The highest BCUT2D eigenvalue weighted by atomic mass is 19.1. The molecule has 1 unspecified atom stereocenters. The normalized spacial score (nSPS) is 11.9. The Morgan fingerprint density at radius 3 is 2.76 bits per heavy atom. The average molecular weight is 241 g/mol. The Kier molecular flexibility index (Phi) is 4.14. The first-order chi connectivity index (χ1) is 7.95. The molecule has 0 aromatic heterocycles. The number of nitrogen functional groups attached to an aromatic ring is 1. The summed E-state index contributed by atoms with van der Waals surface area (Å²) in [6.07, 6.45) is 0. The molecule has 5 N–H and O–H groups in total. The second-order valence-corrected chi connectivity index (χ2v) is 3.57. The van der Waals surface area contributed by atoms with E-state index in [1.165, 1.54) is 6.07 Å². The molecule has 0 aliphatic heterocycles. The highest BCUT2D eigenvalue weighted by Crippen LogP contribution is 2.28. The number of rotatable bonds is 5. The quantitative estimate of drug-likeness (QED) is 0.673. The Bertz CT molecular complexity index is 423. The fourth-order valence-electron chi connectivity index (χ4n) is 1.26. The first-order valence-corrected chi connectivity index (χ1v) is 5.23. The van der Waals surface area contributed by atoms with Gasteiger partial charge in [-0.15, -0.1) is 0 Å². The van der Waals surface area contributed by atoms with E-state index < -0.39 is 17.8 Å². The summed E-state index contributed by atoms with van der Waals surface area (Å²) in [4.78, 5) is 10.9. The predicted octanol–water partition coefficient (Wildman–Crippen LogP) is 1.09. The maximum absolute atomic E-state index is 13.4. The van der Waals surface area contributed by atoms with Crippen LogP contribution < -0.4 is 21.5 Å². The number of halogens is 1. The summed E-state index contributed by atoms with van der Waals surface area (Å²) >= 11 is 0. The third-order valence-corrected chi connectivity index (χ3v) is 2.20. The van der Waals surface area contributed by atoms with E-state index in [1.807, 2.05) is 0 Å². The van der Waals surface area contributed by atoms with Crippen molar-refractivity contribution in [3.05, 3.63) is 17.9 Å². The Hall–Kier alpha value is -1.98. The minimum absolute atomic E-state index is 0.0841. The van der Waals surface area contributed by atoms with Crippen molar-refractivity contribution in [3.8, 4) is 5.75 Å². The highest BCUT2D eigenvalue weighted by Gasteiger charge is 2.13. The molecule has 0 saturated carbocycles. The summed E-state index contributed by atoms with van der Waals surface area (Å²) in [5.41, 5.74) is 11.3. The summed E-state index contributed by atoms with van der Waals surface area (Å²) in [7, 11) is 0. The van der Waals surface area contributed by atoms with Crippen LogP contribution in [0.2, 0.25) is 0 Å². The van der Waals surface area contributed by atoms with Crippen LogP contribution in [0.25, 0.3) is 0 Å². The number of carbonyl (C=O) groups excluding carboxylic acids is 1. The third kappa shape index (κ3) is 3.24. The number of nitrogens with one attached hydrogen (secondary N) is 1. The number of ether oxygens (including phenoxy) is 1. The van der Waals surface area contributed by atoms with Crippen LogP contribution in [0.3, 0.4) is 0 Å². The van der Waals surface area contributed by atoms with Gasteiger partial charge in [0.15, 0.2) is 11.6 Å². The van der Waals surface area contributed by atoms with Gasteiger partial charge < -0.3 is 21.5 Å². The number of anilines is 2. The first-order valence-electron chi connectivity index (χ1n) is 5.23. The second kappa shape index (κ2) is 5.38. The zero-order valence-corrected chi connectivity index (χ0v) is 9.79. The summed E-state index contributed by atoms with van der Waals surface area (Å²) in [6.45, 7) is 3.67. The summed E-state index contributed by atoms with van der Waals surface area (Å²) in [5, 5.41) is 2.79. The number of benzene rings is 1. The maximum Gasteiger partial charge on any atom is 0.239 e. The molecule has 0 bridgehead atoms. The van der Waals surface area contributed by atoms with Gasteiger partial charge in [-0.3, -0.25) is 4.79 Å². The van der Waals surface area contributed by atoms with Crippen molar-refractivity contribution in [1.82, 2.24) is 0 Å². The maximum atomic E-state index is 13.4. The SMILES string of the molecule is CCOc1cc(NC(C)C(N)=O)c(N)cc1F. The Morgan fingerprint density at radius 2 is 2.24 bits per heavy atom. The van der Waals surface area contributed by atoms with E-state index in [1.54, 1.807) is 13.8 Å². The monoisotopic (exact) mass is 241 g/mol. The van der Waals surface area contributed by atoms with E-state index in [0.29, 0.717) is 12.3 Å². The van der Waals surface area contributed by atoms with Gasteiger partial charge >= 0.3 is 0 Å². The molecule has 1 aromatic rings. The molecule has 0 radical (unpaired) electrons. The van der Waals surface area contributed by atoms with Crippen LogP contribution in [0.15, 0.2) is 12.1 Å². The van der Waals surface area contributed by atoms with E-state index in [9.17, 15) is 9.18 Å². The third-order valence-electron chi connectivity index (χ3n) is 2.20. The van der Waals surface area contributed by atoms with Crippen molar-refractivity contribution in [3.63, 3.8) is 0 Å². The molecule has 1 atom stereocenters. The minimum atomic E-state index is -0.600. The van der Waals surface area contributed by atoms with Gasteiger partial charge in [0, 0.05) is 12.1 Å². The molecule has 0 aliphatic rings. The van der Waals surface area contributed by atoms with Crippen molar-refractivity contribution in [1.29, 1.82) is 0 Å². The number of primary amides is 1. The summed E-state index contributed by atoms with van der Waals surface area (Å²) in [6, 6.07) is 1.95. The van der Waals surface area contributed by atoms with Crippen molar-refractivity contribution in [2.45, 2.75) is 19.9 Å². The zero-order valence-electron chi connectivity index (χ0n) is 9.79. The lowest BCUT2D eigenvalue weighted by Crippen LogP contribution is -2.32. The van der Waals surface area contributed by atoms with Crippen molar-refractivity contribution in [2.75, 3.05) is 17.7 Å². The van der Waals surface area contributed by atoms with Crippen LogP contribution in [0.5, 0.6) is 5.75 Å². The van der Waals surface area contributed by atoms with Gasteiger partial charge in [-0.05, 0) is 13.8 Å². The predicted molar refractivity (Wildman–Crippen MR) is 64.3 cm³/mol. The van der Waals surface area contributed by atoms with Gasteiger partial charge in [-0.25, -0.2) is 4.39 Å². The molecule has 0 aliphatic carbocycles. The largest absolute Gasteiger partial charge is 0.491 e. The lowest BCUT2D eigenvalue weighted by Gasteiger charge is -2.15. The zero-order chi connectivity index (χ0) is 13.0. The van der Waals surface area contributed by atoms with Crippen molar-refractivity contribution >= 4 is 17.3 Å². The van der Waals surface area contributed by atoms with Crippen LogP contribution >= 0.6 is 0 Å². The fourth-order valence-corrected chi connectivity index (χ4v) is 1.26. The van der Waals surface area contributed by atoms with E-state index >= 15 is 0 Å². The van der Waals surface area contributed by atoms with E-state index in [-0.39, 0.29) is 11.4 Å². The van der Waals surface area contributed by atoms with Gasteiger partial charge in [0.1, 0.15) is 6.04 Å². The minimum Gasteiger partial charge on any atom is -0.491 e. The Morgan fingerprint density at radius 1 is 1.59 bits per heavy atom. The van der Waals surface area contributed by atoms with Gasteiger partial charge in [-0.2, -0.15) is 0 Å². The van der Waals surface area contributed by atoms with E-state index in [0.717, 1.165) is 6.07 Å². The number of carbonyl (C=O) groups is 1. The smallest absolute Gasteiger partial charge is 0.239 e. The van der Waals surface area contributed by atoms with E-state index in [2.05, 4.69) is 5.32 Å².